The summed E-state index contributed by atoms with van der Waals surface area (Å²) in [6.45, 7) is 1.45. The third-order valence-corrected chi connectivity index (χ3v) is 6.07. The van der Waals surface area contributed by atoms with E-state index < -0.39 is 28.2 Å². The Morgan fingerprint density at radius 1 is 1.13 bits per heavy atom. The number of nitrogens with zero attached hydrogens (tertiary/aromatic N) is 1. The van der Waals surface area contributed by atoms with Gasteiger partial charge in [-0.05, 0) is 47.9 Å². The number of halogens is 4. The molecule has 0 aromatic heterocycles. The lowest BCUT2D eigenvalue weighted by Crippen LogP contribution is -2.44. The summed E-state index contributed by atoms with van der Waals surface area (Å²) in [5.74, 6) is -1.16. The number of amides is 1. The number of carbonyl (C=O) groups excluding carboxylic acids is 1. The molecule has 2 aromatic rings. The number of benzene rings is 2. The molecule has 0 bridgehead atoms. The van der Waals surface area contributed by atoms with Crippen LogP contribution in [0.4, 0.5) is 24.5 Å². The minimum Gasteiger partial charge on any atom is -0.404 e. The maximum absolute atomic E-state index is 12.3. The van der Waals surface area contributed by atoms with Crippen LogP contribution < -0.4 is 14.8 Å². The number of rotatable bonds is 5. The van der Waals surface area contributed by atoms with Crippen molar-refractivity contribution in [2.24, 2.45) is 0 Å². The molecule has 162 valence electrons. The van der Waals surface area contributed by atoms with Gasteiger partial charge in [-0.3, -0.25) is 4.79 Å². The van der Waals surface area contributed by atoms with E-state index in [2.05, 4.69) is 10.1 Å². The van der Waals surface area contributed by atoms with E-state index in [-0.39, 0.29) is 18.1 Å². The van der Waals surface area contributed by atoms with Crippen molar-refractivity contribution in [3.63, 3.8) is 0 Å². The number of hydrogen-bond donors (Lipinski definition) is 2. The predicted molar refractivity (Wildman–Crippen MR) is 105 cm³/mol. The number of anilines is 2. The number of fused-ring (bicyclic) bond motifs is 1. The average Bonchev–Trinajstić information content (AvgIpc) is 2.61. The highest BCUT2D eigenvalue weighted by Crippen LogP contribution is 2.33. The summed E-state index contributed by atoms with van der Waals surface area (Å²) >= 11 is 5.85. The molecule has 0 unspecified atom stereocenters. The summed E-state index contributed by atoms with van der Waals surface area (Å²) in [7, 11) is -3.89. The van der Waals surface area contributed by atoms with E-state index >= 15 is 0 Å². The normalized spacial score (nSPS) is 14.7. The van der Waals surface area contributed by atoms with Gasteiger partial charge in [0, 0.05) is 31.4 Å². The highest BCUT2D eigenvalue weighted by molar-refractivity contribution is 7.87. The molecule has 0 saturated carbocycles. The molecular weight excluding hydrogens is 447 g/mol. The van der Waals surface area contributed by atoms with E-state index in [1.165, 1.54) is 16.4 Å². The van der Waals surface area contributed by atoms with Gasteiger partial charge in [0.2, 0.25) is 5.91 Å². The molecule has 30 heavy (non-hydrogen) atoms. The maximum Gasteiger partial charge on any atom is 0.573 e. The molecule has 1 amide bonds. The Labute approximate surface area is 176 Å². The van der Waals surface area contributed by atoms with E-state index in [0.29, 0.717) is 17.8 Å². The molecule has 1 heterocycles. The summed E-state index contributed by atoms with van der Waals surface area (Å²) in [6, 6.07) is 9.10. The van der Waals surface area contributed by atoms with Crippen LogP contribution in [0, 0.1) is 0 Å². The van der Waals surface area contributed by atoms with Crippen LogP contribution in [0.5, 0.6) is 5.75 Å². The van der Waals surface area contributed by atoms with Crippen LogP contribution in [0.2, 0.25) is 5.02 Å². The van der Waals surface area contributed by atoms with E-state index in [0.717, 1.165) is 24.1 Å². The molecular formula is C18H17ClF3N3O4S. The minimum atomic E-state index is -4.83. The SMILES string of the molecule is CC(=O)NS(=O)(=O)N1CCc2cc(Nc3ccc(OC(F)(F)F)c(Cl)c3)ccc2C1. The zero-order chi connectivity index (χ0) is 22.1. The first-order chi connectivity index (χ1) is 13.9. The smallest absolute Gasteiger partial charge is 0.404 e. The number of alkyl halides is 3. The van der Waals surface area contributed by atoms with E-state index in [1.54, 1.807) is 12.1 Å². The predicted octanol–water partition coefficient (Wildman–Crippen LogP) is 3.72. The Hall–Kier alpha value is -2.50. The summed E-state index contributed by atoms with van der Waals surface area (Å²) in [6.07, 6.45) is -4.40. The molecule has 3 rings (SSSR count). The van der Waals surface area contributed by atoms with Crippen LogP contribution in [0.1, 0.15) is 18.1 Å². The van der Waals surface area contributed by atoms with E-state index in [9.17, 15) is 26.4 Å². The van der Waals surface area contributed by atoms with E-state index in [1.807, 2.05) is 10.8 Å². The zero-order valence-corrected chi connectivity index (χ0v) is 17.2. The van der Waals surface area contributed by atoms with Gasteiger partial charge in [0.25, 0.3) is 0 Å². The summed E-state index contributed by atoms with van der Waals surface area (Å²) in [5.41, 5.74) is 2.82. The van der Waals surface area contributed by atoms with Gasteiger partial charge in [-0.2, -0.15) is 12.7 Å². The standard InChI is InChI=1S/C18H17ClF3N3O4S/c1-11(26)24-30(27,28)25-7-6-12-8-14(3-2-13(12)10-25)23-15-4-5-17(16(19)9-15)29-18(20,21)22/h2-5,8-9,23H,6-7,10H2,1H3,(H,24,26). The second kappa shape index (κ2) is 8.32. The van der Waals surface area contributed by atoms with Gasteiger partial charge in [0.05, 0.1) is 5.02 Å². The highest BCUT2D eigenvalue weighted by Gasteiger charge is 2.32. The Kier molecular flexibility index (Phi) is 6.16. The van der Waals surface area contributed by atoms with Crippen LogP contribution >= 0.6 is 11.6 Å². The Bertz CT molecular complexity index is 1080. The molecule has 0 fully saturated rings. The topological polar surface area (TPSA) is 87.7 Å². The van der Waals surface area contributed by atoms with Crippen LogP contribution in [-0.2, 0) is 28.0 Å². The Morgan fingerprint density at radius 2 is 1.80 bits per heavy atom. The lowest BCUT2D eigenvalue weighted by molar-refractivity contribution is -0.274. The molecule has 0 saturated heterocycles. The Balaban J connectivity index is 1.72. The van der Waals surface area contributed by atoms with Gasteiger partial charge in [-0.15, -0.1) is 13.2 Å². The number of hydrogen-bond acceptors (Lipinski definition) is 5. The van der Waals surface area contributed by atoms with Crippen molar-refractivity contribution in [1.29, 1.82) is 0 Å². The van der Waals surface area contributed by atoms with Crippen molar-refractivity contribution in [2.75, 3.05) is 11.9 Å². The van der Waals surface area contributed by atoms with Gasteiger partial charge in [-0.1, -0.05) is 17.7 Å². The largest absolute Gasteiger partial charge is 0.573 e. The van der Waals surface area contributed by atoms with Gasteiger partial charge >= 0.3 is 16.6 Å². The number of nitrogens with one attached hydrogen (secondary N) is 2. The first kappa shape index (κ1) is 22.2. The molecule has 2 N–H and O–H groups in total. The monoisotopic (exact) mass is 463 g/mol. The van der Waals surface area contributed by atoms with Crippen molar-refractivity contribution >= 4 is 39.1 Å². The van der Waals surface area contributed by atoms with Crippen molar-refractivity contribution in [3.05, 3.63) is 52.5 Å². The van der Waals surface area contributed by atoms with Crippen LogP contribution in [-0.4, -0.2) is 31.5 Å². The molecule has 1 aliphatic heterocycles. The fourth-order valence-corrected chi connectivity index (χ4v) is 4.36. The summed E-state index contributed by atoms with van der Waals surface area (Å²) in [5, 5.41) is 2.84. The number of carbonyl (C=O) groups is 1. The van der Waals surface area contributed by atoms with Crippen molar-refractivity contribution in [3.8, 4) is 5.75 Å². The van der Waals surface area contributed by atoms with Crippen molar-refractivity contribution < 1.29 is 31.1 Å². The van der Waals surface area contributed by atoms with E-state index in [4.69, 9.17) is 11.6 Å². The Morgan fingerprint density at radius 3 is 2.43 bits per heavy atom. The zero-order valence-electron chi connectivity index (χ0n) is 15.6. The first-order valence-electron chi connectivity index (χ1n) is 8.65. The quantitative estimate of drug-likeness (QED) is 0.705. The van der Waals surface area contributed by atoms with Gasteiger partial charge in [0.15, 0.2) is 0 Å². The fraction of sp³-hybridized carbons (Fsp3) is 0.278. The second-order valence-corrected chi connectivity index (χ2v) is 8.63. The third kappa shape index (κ3) is 5.55. The highest BCUT2D eigenvalue weighted by atomic mass is 35.5. The van der Waals surface area contributed by atoms with Crippen LogP contribution in [0.25, 0.3) is 0 Å². The molecule has 12 heteroatoms. The molecule has 0 radical (unpaired) electrons. The molecule has 1 aliphatic rings. The lowest BCUT2D eigenvalue weighted by atomic mass is 10.0. The van der Waals surface area contributed by atoms with Crippen LogP contribution in [0.15, 0.2) is 36.4 Å². The molecule has 7 nitrogen and oxygen atoms in total. The minimum absolute atomic E-state index is 0.119. The molecule has 0 aliphatic carbocycles. The lowest BCUT2D eigenvalue weighted by Gasteiger charge is -2.28. The number of ether oxygens (including phenoxy) is 1. The molecule has 0 atom stereocenters. The van der Waals surface area contributed by atoms with Crippen LogP contribution in [0.3, 0.4) is 0 Å². The first-order valence-corrected chi connectivity index (χ1v) is 10.5. The van der Waals surface area contributed by atoms with Gasteiger partial charge in [0.1, 0.15) is 5.75 Å². The summed E-state index contributed by atoms with van der Waals surface area (Å²) in [4.78, 5) is 11.1. The maximum atomic E-state index is 12.3. The van der Waals surface area contributed by atoms with Gasteiger partial charge < -0.3 is 10.1 Å². The second-order valence-electron chi connectivity index (χ2n) is 6.55. The fourth-order valence-electron chi connectivity index (χ4n) is 3.01. The summed E-state index contributed by atoms with van der Waals surface area (Å²) < 4.78 is 68.3. The van der Waals surface area contributed by atoms with Gasteiger partial charge in [-0.25, -0.2) is 4.72 Å². The molecule has 2 aromatic carbocycles. The molecule has 0 spiro atoms. The average molecular weight is 464 g/mol. The van der Waals surface area contributed by atoms with Crippen molar-refractivity contribution in [2.45, 2.75) is 26.3 Å². The third-order valence-electron chi connectivity index (χ3n) is 4.24. The van der Waals surface area contributed by atoms with Crippen molar-refractivity contribution in [1.82, 2.24) is 9.03 Å².